The Morgan fingerprint density at radius 3 is 2.76 bits per heavy atom. The molecule has 0 aliphatic carbocycles. The summed E-state index contributed by atoms with van der Waals surface area (Å²) in [5.41, 5.74) is 2.99. The van der Waals surface area contributed by atoms with Crippen molar-refractivity contribution in [1.29, 1.82) is 0 Å². The van der Waals surface area contributed by atoms with Gasteiger partial charge in [-0.05, 0) is 47.9 Å². The lowest BCUT2D eigenvalue weighted by Gasteiger charge is -2.33. The maximum absolute atomic E-state index is 7.78. The van der Waals surface area contributed by atoms with E-state index in [9.17, 15) is 0 Å². The summed E-state index contributed by atoms with van der Waals surface area (Å²) in [5.74, 6) is 0.629. The van der Waals surface area contributed by atoms with Gasteiger partial charge in [0, 0.05) is 23.1 Å². The molecule has 0 saturated carbocycles. The number of likely N-dealkylation sites (N-methyl/N-ethyl adjacent to an activating group) is 1. The summed E-state index contributed by atoms with van der Waals surface area (Å²) < 4.78 is 28.6. The van der Waals surface area contributed by atoms with Crippen molar-refractivity contribution in [1.82, 2.24) is 4.90 Å². The fourth-order valence-electron chi connectivity index (χ4n) is 2.79. The monoisotopic (exact) mass is 324 g/mol. The van der Waals surface area contributed by atoms with Crippen LogP contribution < -0.4 is 4.74 Å². The van der Waals surface area contributed by atoms with E-state index in [2.05, 4.69) is 0 Å². The van der Waals surface area contributed by atoms with Crippen molar-refractivity contribution >= 4 is 23.2 Å². The van der Waals surface area contributed by atoms with Crippen LogP contribution in [0.15, 0.2) is 36.4 Å². The molecule has 1 unspecified atom stereocenters. The van der Waals surface area contributed by atoms with Gasteiger partial charge in [0.2, 0.25) is 0 Å². The van der Waals surface area contributed by atoms with Gasteiger partial charge in [-0.1, -0.05) is 35.3 Å². The van der Waals surface area contributed by atoms with Crippen LogP contribution in [0.25, 0.3) is 0 Å². The smallest absolute Gasteiger partial charge is 0.119 e. The number of ether oxygens (including phenoxy) is 1. The van der Waals surface area contributed by atoms with Crippen molar-refractivity contribution in [3.8, 4) is 5.75 Å². The molecule has 3 rings (SSSR count). The normalized spacial score (nSPS) is 21.1. The third-order valence-corrected chi connectivity index (χ3v) is 4.57. The van der Waals surface area contributed by atoms with E-state index in [1.54, 1.807) is 13.2 Å². The highest BCUT2D eigenvalue weighted by atomic mass is 35.5. The van der Waals surface area contributed by atoms with Crippen molar-refractivity contribution in [3.05, 3.63) is 63.1 Å². The first-order valence-corrected chi connectivity index (χ1v) is 7.42. The molecule has 0 radical (unpaired) electrons. The van der Waals surface area contributed by atoms with Crippen LogP contribution in [0.1, 0.15) is 26.7 Å². The molecule has 2 nitrogen and oxygen atoms in total. The molecular weight excluding hydrogens is 305 g/mol. The fraction of sp³-hybridized carbons (Fsp3) is 0.294. The Balaban J connectivity index is 2.09. The molecular formula is C17H17Cl2NO. The molecule has 0 fully saturated rings. The molecule has 0 saturated heterocycles. The molecule has 1 atom stereocenters. The van der Waals surface area contributed by atoms with Crippen LogP contribution in [-0.2, 0) is 6.54 Å². The molecule has 1 aliphatic rings. The van der Waals surface area contributed by atoms with Crippen molar-refractivity contribution in [2.75, 3.05) is 20.6 Å². The number of rotatable bonds is 2. The maximum atomic E-state index is 7.78. The predicted molar refractivity (Wildman–Crippen MR) is 87.6 cm³/mol. The summed E-state index contributed by atoms with van der Waals surface area (Å²) in [6, 6.07) is 11.3. The Morgan fingerprint density at radius 1 is 1.19 bits per heavy atom. The van der Waals surface area contributed by atoms with Gasteiger partial charge in [-0.2, -0.15) is 0 Å². The van der Waals surface area contributed by atoms with Crippen LogP contribution in [0.3, 0.4) is 0 Å². The molecule has 1 aliphatic heterocycles. The van der Waals surface area contributed by atoms with Crippen LogP contribution in [0, 0.1) is 0 Å². The number of methoxy groups -OCH3 is 1. The zero-order chi connectivity index (χ0) is 17.5. The largest absolute Gasteiger partial charge is 0.497 e. The van der Waals surface area contributed by atoms with E-state index in [0.717, 1.165) is 16.7 Å². The number of benzene rings is 2. The van der Waals surface area contributed by atoms with Crippen LogP contribution >= 0.6 is 23.2 Å². The van der Waals surface area contributed by atoms with Gasteiger partial charge in [-0.15, -0.1) is 0 Å². The van der Waals surface area contributed by atoms with E-state index in [-0.39, 0.29) is 5.92 Å². The fourth-order valence-corrected chi connectivity index (χ4v) is 3.10. The molecule has 2 aromatic carbocycles. The van der Waals surface area contributed by atoms with E-state index in [0.29, 0.717) is 28.9 Å². The lowest BCUT2D eigenvalue weighted by Crippen LogP contribution is -2.31. The average Bonchev–Trinajstić information content (AvgIpc) is 2.55. The van der Waals surface area contributed by atoms with Crippen molar-refractivity contribution in [2.45, 2.75) is 12.5 Å². The minimum absolute atomic E-state index is 0.0881. The van der Waals surface area contributed by atoms with E-state index in [1.165, 1.54) is 4.90 Å². The number of hydrogen-bond acceptors (Lipinski definition) is 2. The molecule has 0 N–H and O–H groups in total. The molecule has 2 aromatic rings. The molecule has 0 spiro atoms. The molecule has 0 bridgehead atoms. The highest BCUT2D eigenvalue weighted by Gasteiger charge is 2.25. The van der Waals surface area contributed by atoms with Crippen LogP contribution in [0.2, 0.25) is 10.0 Å². The van der Waals surface area contributed by atoms with E-state index >= 15 is 0 Å². The minimum atomic E-state index is -2.16. The molecule has 110 valence electrons. The van der Waals surface area contributed by atoms with Gasteiger partial charge >= 0.3 is 0 Å². The Hall–Kier alpha value is -1.22. The van der Waals surface area contributed by atoms with Crippen molar-refractivity contribution < 1.29 is 8.85 Å². The second-order valence-corrected chi connectivity index (χ2v) is 5.99. The third kappa shape index (κ3) is 2.89. The van der Waals surface area contributed by atoms with Crippen LogP contribution in [0.5, 0.6) is 5.75 Å². The van der Waals surface area contributed by atoms with E-state index < -0.39 is 6.98 Å². The number of hydrogen-bond donors (Lipinski definition) is 0. The summed E-state index contributed by atoms with van der Waals surface area (Å²) in [4.78, 5) is 1.50. The Labute approximate surface area is 139 Å². The summed E-state index contributed by atoms with van der Waals surface area (Å²) in [6.45, 7) is -1.40. The second kappa shape index (κ2) is 5.88. The van der Waals surface area contributed by atoms with Gasteiger partial charge in [0.05, 0.1) is 17.2 Å². The first-order valence-electron chi connectivity index (χ1n) is 8.16. The van der Waals surface area contributed by atoms with E-state index in [4.69, 9.17) is 32.1 Å². The number of halogens is 2. The first-order chi connectivity index (χ1) is 11.3. The molecule has 0 aromatic heterocycles. The SMILES string of the molecule is [2H]C([2H])([2H])N1Cc2cc(OC)ccc2C(c2ccc(Cl)c(Cl)c2)C1. The van der Waals surface area contributed by atoms with Crippen molar-refractivity contribution in [2.24, 2.45) is 0 Å². The van der Waals surface area contributed by atoms with Crippen LogP contribution in [0.4, 0.5) is 0 Å². The summed E-state index contributed by atoms with van der Waals surface area (Å²) in [6.07, 6.45) is 0. The van der Waals surface area contributed by atoms with Gasteiger partial charge in [0.1, 0.15) is 5.75 Å². The van der Waals surface area contributed by atoms with Gasteiger partial charge < -0.3 is 9.64 Å². The van der Waals surface area contributed by atoms with Crippen molar-refractivity contribution in [3.63, 3.8) is 0 Å². The van der Waals surface area contributed by atoms with Gasteiger partial charge in [-0.25, -0.2) is 0 Å². The zero-order valence-electron chi connectivity index (χ0n) is 14.6. The zero-order valence-corrected chi connectivity index (χ0v) is 13.1. The highest BCUT2D eigenvalue weighted by Crippen LogP contribution is 2.36. The molecule has 4 heteroatoms. The second-order valence-electron chi connectivity index (χ2n) is 5.17. The summed E-state index contributed by atoms with van der Waals surface area (Å²) in [5, 5.41) is 0.953. The Kier molecular flexibility index (Phi) is 3.18. The number of fused-ring (bicyclic) bond motifs is 1. The Bertz CT molecular complexity index is 764. The van der Waals surface area contributed by atoms with Gasteiger partial charge in [-0.3, -0.25) is 0 Å². The summed E-state index contributed by atoms with van der Waals surface area (Å²) >= 11 is 12.2. The van der Waals surface area contributed by atoms with Gasteiger partial charge in [0.15, 0.2) is 0 Å². The van der Waals surface area contributed by atoms with Crippen LogP contribution in [-0.4, -0.2) is 25.5 Å². The average molecular weight is 325 g/mol. The van der Waals surface area contributed by atoms with Gasteiger partial charge in [0.25, 0.3) is 0 Å². The Morgan fingerprint density at radius 2 is 2.05 bits per heavy atom. The molecule has 0 amide bonds. The third-order valence-electron chi connectivity index (χ3n) is 3.84. The number of nitrogens with zero attached hydrogens (tertiary/aromatic N) is 1. The maximum Gasteiger partial charge on any atom is 0.119 e. The standard InChI is InChI=1S/C17H17Cl2NO/c1-20-9-12-7-13(21-2)4-5-14(12)15(10-20)11-3-6-16(18)17(19)8-11/h3-8,15H,9-10H2,1-2H3/i1D3. The molecule has 21 heavy (non-hydrogen) atoms. The first kappa shape index (κ1) is 11.4. The topological polar surface area (TPSA) is 12.5 Å². The predicted octanol–water partition coefficient (Wildman–Crippen LogP) is 4.58. The molecule has 1 heterocycles. The highest BCUT2D eigenvalue weighted by molar-refractivity contribution is 6.42. The quantitative estimate of drug-likeness (QED) is 0.801. The lowest BCUT2D eigenvalue weighted by molar-refractivity contribution is 0.294. The van der Waals surface area contributed by atoms with E-state index in [1.807, 2.05) is 30.3 Å². The minimum Gasteiger partial charge on any atom is -0.497 e. The lowest BCUT2D eigenvalue weighted by atomic mass is 9.85. The summed E-state index contributed by atoms with van der Waals surface area (Å²) in [7, 11) is 1.60.